The molecule has 0 unspecified atom stereocenters. The van der Waals surface area contributed by atoms with E-state index in [0.29, 0.717) is 5.82 Å². The Balaban J connectivity index is 2.03. The molecule has 0 aliphatic carbocycles. The van der Waals surface area contributed by atoms with E-state index in [2.05, 4.69) is 41.3 Å². The monoisotopic (exact) mass is 333 g/mol. The molecule has 2 heterocycles. The Hall–Kier alpha value is -1.53. The lowest BCUT2D eigenvalue weighted by atomic mass is 10.1. The molecule has 0 bridgehead atoms. The number of aromatic nitrogens is 3. The molecule has 5 nitrogen and oxygen atoms in total. The minimum absolute atomic E-state index is 0.708. The molecule has 3 rings (SSSR count). The summed E-state index contributed by atoms with van der Waals surface area (Å²) in [5.41, 5.74) is 1.90. The zero-order chi connectivity index (χ0) is 13.9. The molecular weight excluding hydrogens is 318 g/mol. The van der Waals surface area contributed by atoms with Gasteiger partial charge in [0.1, 0.15) is 11.5 Å². The van der Waals surface area contributed by atoms with Crippen LogP contribution in [0.3, 0.4) is 0 Å². The molecule has 1 aromatic carbocycles. The molecule has 1 fully saturated rings. The maximum absolute atomic E-state index is 4.61. The number of nitrogens with zero attached hydrogens (tertiary/aromatic N) is 4. The van der Waals surface area contributed by atoms with Crippen LogP contribution in [0.2, 0.25) is 0 Å². The lowest BCUT2D eigenvalue weighted by Crippen LogP contribution is -2.44. The molecular formula is C14H16BrN5. The van der Waals surface area contributed by atoms with Crippen molar-refractivity contribution in [2.45, 2.75) is 6.92 Å². The SMILES string of the molecule is Cc1nnc(-c2ccc(Br)cc2)c(N2CCNCC2)n1. The zero-order valence-corrected chi connectivity index (χ0v) is 12.9. The first-order chi connectivity index (χ1) is 9.74. The van der Waals surface area contributed by atoms with E-state index in [-0.39, 0.29) is 0 Å². The Bertz CT molecular complexity index is 593. The standard InChI is InChI=1S/C14H16BrN5/c1-10-17-14(20-8-6-16-7-9-20)13(19-18-10)11-2-4-12(15)5-3-11/h2-5,16H,6-9H2,1H3. The Morgan fingerprint density at radius 1 is 1.10 bits per heavy atom. The lowest BCUT2D eigenvalue weighted by Gasteiger charge is -2.29. The fourth-order valence-corrected chi connectivity index (χ4v) is 2.55. The van der Waals surface area contributed by atoms with Crippen LogP contribution in [-0.2, 0) is 0 Å². The molecule has 0 radical (unpaired) electrons. The van der Waals surface area contributed by atoms with Gasteiger partial charge in [-0.15, -0.1) is 10.2 Å². The fraction of sp³-hybridized carbons (Fsp3) is 0.357. The number of nitrogens with one attached hydrogen (secondary N) is 1. The van der Waals surface area contributed by atoms with E-state index in [1.54, 1.807) is 0 Å². The van der Waals surface area contributed by atoms with Gasteiger partial charge in [-0.05, 0) is 19.1 Å². The lowest BCUT2D eigenvalue weighted by molar-refractivity contribution is 0.583. The van der Waals surface area contributed by atoms with Gasteiger partial charge in [-0.25, -0.2) is 4.98 Å². The van der Waals surface area contributed by atoms with Gasteiger partial charge >= 0.3 is 0 Å². The van der Waals surface area contributed by atoms with E-state index in [0.717, 1.165) is 47.7 Å². The number of benzene rings is 1. The van der Waals surface area contributed by atoms with Crippen LogP contribution in [-0.4, -0.2) is 41.4 Å². The average molecular weight is 334 g/mol. The van der Waals surface area contributed by atoms with Crippen LogP contribution >= 0.6 is 15.9 Å². The minimum Gasteiger partial charge on any atom is -0.352 e. The average Bonchev–Trinajstić information content (AvgIpc) is 2.49. The van der Waals surface area contributed by atoms with Gasteiger partial charge in [0.15, 0.2) is 5.82 Å². The second-order valence-corrected chi connectivity index (χ2v) is 5.69. The van der Waals surface area contributed by atoms with E-state index >= 15 is 0 Å². The quantitative estimate of drug-likeness (QED) is 0.911. The maximum Gasteiger partial charge on any atom is 0.159 e. The highest BCUT2D eigenvalue weighted by Crippen LogP contribution is 2.27. The van der Waals surface area contributed by atoms with Crippen molar-refractivity contribution >= 4 is 21.7 Å². The van der Waals surface area contributed by atoms with Crippen molar-refractivity contribution in [1.82, 2.24) is 20.5 Å². The van der Waals surface area contributed by atoms with Gasteiger partial charge in [0, 0.05) is 36.2 Å². The third-order valence-electron chi connectivity index (χ3n) is 3.31. The number of rotatable bonds is 2. The molecule has 0 atom stereocenters. The molecule has 104 valence electrons. The zero-order valence-electron chi connectivity index (χ0n) is 11.3. The summed E-state index contributed by atoms with van der Waals surface area (Å²) in [5.74, 6) is 1.64. The summed E-state index contributed by atoms with van der Waals surface area (Å²) < 4.78 is 1.05. The number of hydrogen-bond acceptors (Lipinski definition) is 5. The van der Waals surface area contributed by atoms with E-state index in [1.807, 2.05) is 31.2 Å². The molecule has 1 aromatic heterocycles. The topological polar surface area (TPSA) is 53.9 Å². The number of aryl methyl sites for hydroxylation is 1. The summed E-state index contributed by atoms with van der Waals surface area (Å²) >= 11 is 3.45. The van der Waals surface area contributed by atoms with Crippen molar-refractivity contribution in [2.24, 2.45) is 0 Å². The van der Waals surface area contributed by atoms with Crippen molar-refractivity contribution in [3.63, 3.8) is 0 Å². The van der Waals surface area contributed by atoms with E-state index < -0.39 is 0 Å². The normalized spacial score (nSPS) is 15.4. The largest absolute Gasteiger partial charge is 0.352 e. The molecule has 1 aliphatic heterocycles. The first kappa shape index (κ1) is 13.5. The molecule has 0 saturated carbocycles. The third-order valence-corrected chi connectivity index (χ3v) is 3.84. The van der Waals surface area contributed by atoms with Crippen LogP contribution in [0.1, 0.15) is 5.82 Å². The van der Waals surface area contributed by atoms with E-state index in [4.69, 9.17) is 0 Å². The van der Waals surface area contributed by atoms with E-state index in [9.17, 15) is 0 Å². The van der Waals surface area contributed by atoms with Gasteiger partial charge in [-0.2, -0.15) is 0 Å². The summed E-state index contributed by atoms with van der Waals surface area (Å²) in [7, 11) is 0. The molecule has 1 N–H and O–H groups in total. The van der Waals surface area contributed by atoms with Crippen molar-refractivity contribution in [3.8, 4) is 11.3 Å². The van der Waals surface area contributed by atoms with Crippen molar-refractivity contribution in [2.75, 3.05) is 31.1 Å². The summed E-state index contributed by atoms with van der Waals surface area (Å²) in [6, 6.07) is 8.10. The summed E-state index contributed by atoms with van der Waals surface area (Å²) in [5, 5.41) is 11.8. The number of hydrogen-bond donors (Lipinski definition) is 1. The Labute approximate surface area is 126 Å². The van der Waals surface area contributed by atoms with Gasteiger partial charge < -0.3 is 10.2 Å². The van der Waals surface area contributed by atoms with E-state index in [1.165, 1.54) is 0 Å². The fourth-order valence-electron chi connectivity index (χ4n) is 2.29. The Kier molecular flexibility index (Phi) is 3.93. The second kappa shape index (κ2) is 5.85. The smallest absolute Gasteiger partial charge is 0.159 e. The summed E-state index contributed by atoms with van der Waals surface area (Å²) in [6.07, 6.45) is 0. The first-order valence-corrected chi connectivity index (χ1v) is 7.46. The first-order valence-electron chi connectivity index (χ1n) is 6.67. The number of piperazine rings is 1. The molecule has 0 amide bonds. The highest BCUT2D eigenvalue weighted by atomic mass is 79.9. The molecule has 6 heteroatoms. The van der Waals surface area contributed by atoms with Gasteiger partial charge in [0.05, 0.1) is 0 Å². The van der Waals surface area contributed by atoms with Gasteiger partial charge in [0.2, 0.25) is 0 Å². The molecule has 2 aromatic rings. The molecule has 20 heavy (non-hydrogen) atoms. The minimum atomic E-state index is 0.708. The van der Waals surface area contributed by atoms with Crippen LogP contribution < -0.4 is 10.2 Å². The summed E-state index contributed by atoms with van der Waals surface area (Å²) in [6.45, 7) is 5.72. The second-order valence-electron chi connectivity index (χ2n) is 4.78. The molecule has 1 saturated heterocycles. The van der Waals surface area contributed by atoms with Crippen molar-refractivity contribution in [3.05, 3.63) is 34.6 Å². The van der Waals surface area contributed by atoms with Crippen LogP contribution in [0.25, 0.3) is 11.3 Å². The number of halogens is 1. The van der Waals surface area contributed by atoms with Gasteiger partial charge in [-0.1, -0.05) is 28.1 Å². The van der Waals surface area contributed by atoms with Gasteiger partial charge in [-0.3, -0.25) is 0 Å². The highest BCUT2D eigenvalue weighted by molar-refractivity contribution is 9.10. The van der Waals surface area contributed by atoms with Crippen molar-refractivity contribution < 1.29 is 0 Å². The maximum atomic E-state index is 4.61. The number of anilines is 1. The van der Waals surface area contributed by atoms with Crippen LogP contribution in [0.5, 0.6) is 0 Å². The van der Waals surface area contributed by atoms with Crippen LogP contribution in [0.4, 0.5) is 5.82 Å². The van der Waals surface area contributed by atoms with Crippen molar-refractivity contribution in [1.29, 1.82) is 0 Å². The van der Waals surface area contributed by atoms with Gasteiger partial charge in [0.25, 0.3) is 0 Å². The predicted octanol–water partition coefficient (Wildman–Crippen LogP) is 2.02. The molecule has 1 aliphatic rings. The summed E-state index contributed by atoms with van der Waals surface area (Å²) in [4.78, 5) is 6.88. The highest BCUT2D eigenvalue weighted by Gasteiger charge is 2.18. The third kappa shape index (κ3) is 2.81. The van der Waals surface area contributed by atoms with Crippen LogP contribution in [0.15, 0.2) is 28.7 Å². The predicted molar refractivity (Wildman–Crippen MR) is 82.8 cm³/mol. The molecule has 0 spiro atoms. The van der Waals surface area contributed by atoms with Crippen LogP contribution in [0, 0.1) is 6.92 Å². The Morgan fingerprint density at radius 2 is 1.80 bits per heavy atom. The Morgan fingerprint density at radius 3 is 2.50 bits per heavy atom.